The van der Waals surface area contributed by atoms with Gasteiger partial charge < -0.3 is 66.0 Å². The topological polar surface area (TPSA) is 269 Å². The molecular weight excluding hydrogens is 1200 g/mol. The van der Waals surface area contributed by atoms with Crippen molar-refractivity contribution in [2.45, 2.75) is 221 Å². The van der Waals surface area contributed by atoms with Crippen LogP contribution in [-0.2, 0) is 29.0 Å². The third-order valence-corrected chi connectivity index (χ3v) is 27.9. The number of carbonyl (C=O) groups excluding carboxylic acids is 1. The Morgan fingerprint density at radius 2 is 1.71 bits per heavy atom. The van der Waals surface area contributed by atoms with E-state index in [1.165, 1.54) is 17.2 Å². The first-order valence-corrected chi connectivity index (χ1v) is 36.4. The zero-order valence-electron chi connectivity index (χ0n) is 55.4. The van der Waals surface area contributed by atoms with E-state index in [9.17, 15) is 35.7 Å². The van der Waals surface area contributed by atoms with Crippen LogP contribution in [0.5, 0.6) is 17.2 Å². The molecule has 17 rings (SSSR count). The Morgan fingerprint density at radius 3 is 2.53 bits per heavy atom. The molecule has 19 atom stereocenters. The molecule has 16 nitrogen and oxygen atoms in total. The number of nitrogens with two attached hydrogens (primary N) is 1. The number of nitrogens with one attached hydrogen (secondary N) is 3. The number of esters is 1. The van der Waals surface area contributed by atoms with Gasteiger partial charge in [0.2, 0.25) is 0 Å². The van der Waals surface area contributed by atoms with Crippen molar-refractivity contribution in [2.24, 2.45) is 58.0 Å². The molecule has 10 bridgehead atoms. The normalized spacial score (nSPS) is 39.5. The maximum atomic E-state index is 16.5. The lowest BCUT2D eigenvalue weighted by Crippen LogP contribution is -2.60. The van der Waals surface area contributed by atoms with E-state index < -0.39 is 88.0 Å². The molecule has 12 N–H and O–H groups in total. The van der Waals surface area contributed by atoms with Crippen LogP contribution in [0.3, 0.4) is 0 Å². The van der Waals surface area contributed by atoms with Crippen LogP contribution >= 0.6 is 0 Å². The molecule has 16 heteroatoms. The second-order valence-electron chi connectivity index (χ2n) is 32.3. The smallest absolute Gasteiger partial charge is 0.337 e. The molecule has 6 fully saturated rings. The van der Waals surface area contributed by atoms with E-state index >= 15 is 9.59 Å². The number of likely N-dealkylation sites (N-methyl/N-ethyl adjacent to an activating group) is 1. The van der Waals surface area contributed by atoms with Gasteiger partial charge in [-0.2, -0.15) is 0 Å². The van der Waals surface area contributed by atoms with Crippen LogP contribution in [0.25, 0.3) is 11.0 Å². The van der Waals surface area contributed by atoms with Gasteiger partial charge in [-0.15, -0.1) is 0 Å². The van der Waals surface area contributed by atoms with Crippen molar-refractivity contribution < 1.29 is 54.4 Å². The number of carbonyl (C=O) groups is 1. The number of benzene rings is 3. The number of aliphatic hydroxyl groups excluding tert-OH is 3. The number of hydrogen-bond acceptors (Lipinski definition) is 16. The highest BCUT2D eigenvalue weighted by molar-refractivity contribution is 5.93. The predicted octanol–water partition coefficient (Wildman–Crippen LogP) is 10.9. The van der Waals surface area contributed by atoms with E-state index in [4.69, 9.17) is 19.6 Å². The Bertz CT molecular complexity index is 4090. The first-order valence-electron chi connectivity index (χ1n) is 36.4. The van der Waals surface area contributed by atoms with Crippen LogP contribution in [0.2, 0.25) is 0 Å². The summed E-state index contributed by atoms with van der Waals surface area (Å²) in [6.07, 6.45) is 22.5. The van der Waals surface area contributed by atoms with Gasteiger partial charge in [0.25, 0.3) is 0 Å². The average molecular weight is 1290 g/mol. The minimum atomic E-state index is -1.62. The lowest BCUT2D eigenvalue weighted by molar-refractivity contribution is -0.173. The van der Waals surface area contributed by atoms with Gasteiger partial charge in [0, 0.05) is 59.5 Å². The third-order valence-electron chi connectivity index (χ3n) is 27.9. The third kappa shape index (κ3) is 9.24. The summed E-state index contributed by atoms with van der Waals surface area (Å²) in [6, 6.07) is 13.1. The van der Waals surface area contributed by atoms with Crippen LogP contribution in [0, 0.1) is 52.3 Å². The summed E-state index contributed by atoms with van der Waals surface area (Å²) in [5, 5.41) is 98.2. The fourth-order valence-electron chi connectivity index (χ4n) is 24.0. The van der Waals surface area contributed by atoms with Crippen molar-refractivity contribution in [1.82, 2.24) is 16.0 Å². The minimum Gasteiger partial charge on any atom is -0.508 e. The molecule has 19 unspecified atom stereocenters. The second-order valence-corrected chi connectivity index (χ2v) is 32.3. The monoisotopic (exact) mass is 1290 g/mol. The lowest BCUT2D eigenvalue weighted by Gasteiger charge is -2.56. The molecular formula is C79H96N4O12. The SMILES string of the molecule is CC=C(C(=O)OC1Cc2c3c(c4oc(CO)cc(=O)c4c2O)C2C4=CCNC(N)=C4C4C5CC(CCCC6CCC4(Cc4ccc(O)cc4C2CO)C6)C2=CC(NCC)NC=C2CC5C1(C)O3)C1(O)CC2CC1CC1CC3(CCC4CCCCC4(O)C3)C(O)c3cccc2c31. The van der Waals surface area contributed by atoms with Gasteiger partial charge in [-0.25, -0.2) is 4.79 Å². The van der Waals surface area contributed by atoms with Crippen LogP contribution in [-0.4, -0.2) is 90.5 Å². The number of allylic oxidation sites excluding steroid dienone is 5. The van der Waals surface area contributed by atoms with Gasteiger partial charge >= 0.3 is 5.97 Å². The van der Waals surface area contributed by atoms with Crippen molar-refractivity contribution in [1.29, 1.82) is 0 Å². The number of phenols is 2. The molecule has 6 saturated carbocycles. The number of ether oxygens (including phenoxy) is 2. The fourth-order valence-corrected chi connectivity index (χ4v) is 24.0. The van der Waals surface area contributed by atoms with Gasteiger partial charge in [-0.1, -0.05) is 69.0 Å². The van der Waals surface area contributed by atoms with E-state index in [-0.39, 0.29) is 99.8 Å². The van der Waals surface area contributed by atoms with Crippen LogP contribution in [0.1, 0.15) is 217 Å². The number of dihydropyridines is 2. The molecule has 13 aliphatic rings. The largest absolute Gasteiger partial charge is 0.508 e. The molecule has 504 valence electrons. The van der Waals surface area contributed by atoms with E-state index in [0.29, 0.717) is 62.4 Å². The standard InChI is InChI=1S/C79H96N4O12/c1-4-58(79(92)35-43-24-47(79)25-44-34-77(72(89)52-14-9-13-50(43)63(44)52)22-18-46-12-6-7-20-78(46,91)39-77)74(90)94-61-30-56-69(88)66-60(87)29-49(37-84)93-71(66)67-64-51-19-23-82-73(80)65(51)68-55-26-41(53-31-62(81-5-2)83-36-45(53)27-59(55)75(61,3)95-70(56)67)11-8-10-40-17-21-76(68,32-40)33-42-15-16-48(86)28-54(42)57(64)38-85/h4,9,13-16,19,28-29,31,36,40-41,43-44,46-47,55,57,59,61-62,64,68,72,81-86,88-89,91-92H,5-8,10-12,17-18,20-27,30,32-35,37-39,80H2,1-3H3. The highest BCUT2D eigenvalue weighted by atomic mass is 16.6. The molecule has 0 amide bonds. The van der Waals surface area contributed by atoms with Gasteiger partial charge in [0.15, 0.2) is 5.43 Å². The number of fused-ring (bicyclic) bond motifs is 14. The van der Waals surface area contributed by atoms with Gasteiger partial charge in [-0.3, -0.25) is 10.1 Å². The van der Waals surface area contributed by atoms with Crippen molar-refractivity contribution in [2.75, 3.05) is 19.7 Å². The zero-order valence-corrected chi connectivity index (χ0v) is 55.4. The van der Waals surface area contributed by atoms with Gasteiger partial charge in [-0.05, 0) is 244 Å². The molecule has 2 spiro atoms. The Morgan fingerprint density at radius 1 is 0.874 bits per heavy atom. The first-order chi connectivity index (χ1) is 45.8. The number of hydrogen-bond donors (Lipinski definition) is 11. The summed E-state index contributed by atoms with van der Waals surface area (Å²) in [6.45, 7) is 6.10. The quantitative estimate of drug-likeness (QED) is 0.0607. The maximum absolute atomic E-state index is 16.5. The van der Waals surface area contributed by atoms with Crippen LogP contribution in [0.4, 0.5) is 0 Å². The molecule has 9 aliphatic carbocycles. The number of phenolic OH excluding ortho intramolecular Hbond substituents is 2. The summed E-state index contributed by atoms with van der Waals surface area (Å²) in [5.41, 5.74) is 12.4. The molecule has 3 aromatic carbocycles. The number of aromatic hydroxyl groups is 2. The highest BCUT2D eigenvalue weighted by Crippen LogP contribution is 2.70. The number of aliphatic hydroxyl groups is 5. The summed E-state index contributed by atoms with van der Waals surface area (Å²) >= 11 is 0. The molecule has 0 radical (unpaired) electrons. The molecule has 0 saturated heterocycles. The van der Waals surface area contributed by atoms with Crippen molar-refractivity contribution >= 4 is 16.9 Å². The molecule has 1 aromatic heterocycles. The van der Waals surface area contributed by atoms with Crippen molar-refractivity contribution in [3.05, 3.63) is 156 Å². The Balaban J connectivity index is 0.860. The van der Waals surface area contributed by atoms with E-state index in [1.807, 2.05) is 13.0 Å². The molecule has 4 aliphatic heterocycles. The summed E-state index contributed by atoms with van der Waals surface area (Å²) in [4.78, 5) is 31.5. The van der Waals surface area contributed by atoms with E-state index in [1.54, 1.807) is 18.2 Å². The minimum absolute atomic E-state index is 0.00203. The van der Waals surface area contributed by atoms with Gasteiger partial charge in [0.1, 0.15) is 58.1 Å². The Labute approximate surface area is 556 Å². The summed E-state index contributed by atoms with van der Waals surface area (Å²) in [7, 11) is 0. The summed E-state index contributed by atoms with van der Waals surface area (Å²) < 4.78 is 22.4. The highest BCUT2D eigenvalue weighted by Gasteiger charge is 2.65. The van der Waals surface area contributed by atoms with Gasteiger partial charge in [0.05, 0.1) is 35.7 Å². The Hall–Kier alpha value is -6.40. The first kappa shape index (κ1) is 62.1. The van der Waals surface area contributed by atoms with Crippen molar-refractivity contribution in [3.63, 3.8) is 0 Å². The lowest BCUT2D eigenvalue weighted by atomic mass is 9.51. The predicted molar refractivity (Wildman–Crippen MR) is 359 cm³/mol. The van der Waals surface area contributed by atoms with E-state index in [2.05, 4.69) is 66.3 Å². The van der Waals surface area contributed by atoms with Crippen LogP contribution < -0.4 is 31.8 Å². The second kappa shape index (κ2) is 22.6. The van der Waals surface area contributed by atoms with E-state index in [0.717, 1.165) is 129 Å². The average Bonchev–Trinajstić information content (AvgIpc) is 1.68. The molecule has 95 heavy (non-hydrogen) atoms. The maximum Gasteiger partial charge on any atom is 0.337 e. The Kier molecular flexibility index (Phi) is 14.8. The summed E-state index contributed by atoms with van der Waals surface area (Å²) in [5.74, 6) is -2.68. The fraction of sp³-hybridized carbons (Fsp3) is 0.595. The number of rotatable bonds is 7. The van der Waals surface area contributed by atoms with Crippen LogP contribution in [0.15, 0.2) is 110 Å². The zero-order chi connectivity index (χ0) is 65.4. The molecule has 5 heterocycles. The van der Waals surface area contributed by atoms with Crippen molar-refractivity contribution in [3.8, 4) is 17.2 Å². The molecule has 4 aromatic rings.